The third kappa shape index (κ3) is 2.91. The molecule has 0 unspecified atom stereocenters. The van der Waals surface area contributed by atoms with Crippen LogP contribution in [0.4, 0.5) is 0 Å². The number of aromatic nitrogens is 2. The maximum Gasteiger partial charge on any atom is 0.282 e. The van der Waals surface area contributed by atoms with E-state index >= 15 is 0 Å². The summed E-state index contributed by atoms with van der Waals surface area (Å²) in [6, 6.07) is 12.3. The van der Waals surface area contributed by atoms with Gasteiger partial charge >= 0.3 is 0 Å². The van der Waals surface area contributed by atoms with Crippen molar-refractivity contribution in [3.05, 3.63) is 68.7 Å². The van der Waals surface area contributed by atoms with Crippen LogP contribution < -0.4 is 5.56 Å². The predicted octanol–water partition coefficient (Wildman–Crippen LogP) is 3.85. The summed E-state index contributed by atoms with van der Waals surface area (Å²) < 4.78 is 2.13. The number of β-amino-alcohol motifs (C(OH)–C–C–N with tert-alkyl or cyclic N) is 1. The Morgan fingerprint density at radius 1 is 1.20 bits per heavy atom. The van der Waals surface area contributed by atoms with Crippen molar-refractivity contribution in [1.82, 2.24) is 14.5 Å². The third-order valence-electron chi connectivity index (χ3n) is 6.84. The minimum absolute atomic E-state index is 0.219. The molecule has 3 heterocycles. The molecule has 1 fully saturated rings. The highest BCUT2D eigenvalue weighted by atomic mass is 35.5. The van der Waals surface area contributed by atoms with Gasteiger partial charge in [0, 0.05) is 6.54 Å². The van der Waals surface area contributed by atoms with Gasteiger partial charge in [-0.15, -0.1) is 0 Å². The van der Waals surface area contributed by atoms with Crippen molar-refractivity contribution in [2.45, 2.75) is 38.0 Å². The number of nitrogens with zero attached hydrogens (tertiary/aromatic N) is 3. The third-order valence-corrected chi connectivity index (χ3v) is 7.15. The number of fused-ring (bicyclic) bond motifs is 5. The molecule has 6 heteroatoms. The van der Waals surface area contributed by atoms with Crippen molar-refractivity contribution >= 4 is 22.5 Å². The molecule has 156 valence electrons. The van der Waals surface area contributed by atoms with Crippen molar-refractivity contribution in [3.63, 3.8) is 0 Å². The van der Waals surface area contributed by atoms with Crippen LogP contribution in [-0.2, 0) is 5.41 Å². The highest BCUT2D eigenvalue weighted by Gasteiger charge is 2.39. The van der Waals surface area contributed by atoms with Gasteiger partial charge in [0.1, 0.15) is 5.82 Å². The molecule has 0 saturated carbocycles. The molecule has 0 radical (unpaired) electrons. The Labute approximate surface area is 180 Å². The van der Waals surface area contributed by atoms with Crippen molar-refractivity contribution in [2.75, 3.05) is 26.2 Å². The summed E-state index contributed by atoms with van der Waals surface area (Å²) in [4.78, 5) is 19.6. The first-order valence-corrected chi connectivity index (χ1v) is 11.0. The summed E-state index contributed by atoms with van der Waals surface area (Å²) in [5.74, 6) is 1.27. The zero-order chi connectivity index (χ0) is 21.0. The van der Waals surface area contributed by atoms with Crippen LogP contribution >= 0.6 is 11.6 Å². The van der Waals surface area contributed by atoms with Crippen molar-refractivity contribution in [3.8, 4) is 5.69 Å². The Bertz CT molecular complexity index is 1190. The standard InChI is InChI=1S/C24H26ClN3O2/c1-24(2)17-7-6-16(15-8-10-27(11-9-15)12-13-29)14-20(17)28-19-5-3-4-18(25)21(19)22(30)26-23(24)28/h3-7,14-15,29H,8-13H2,1-2H3. The van der Waals surface area contributed by atoms with Crippen molar-refractivity contribution in [1.29, 1.82) is 0 Å². The Kier molecular flexibility index (Phi) is 4.73. The Morgan fingerprint density at radius 3 is 2.70 bits per heavy atom. The van der Waals surface area contributed by atoms with E-state index < -0.39 is 0 Å². The van der Waals surface area contributed by atoms with Crippen LogP contribution in [0.5, 0.6) is 0 Å². The average Bonchev–Trinajstić information content (AvgIpc) is 2.95. The van der Waals surface area contributed by atoms with Crippen LogP contribution in [0.3, 0.4) is 0 Å². The van der Waals surface area contributed by atoms with Crippen LogP contribution in [0, 0.1) is 0 Å². The molecule has 5 nitrogen and oxygen atoms in total. The molecule has 0 atom stereocenters. The van der Waals surface area contributed by atoms with Gasteiger partial charge in [-0.1, -0.05) is 29.8 Å². The van der Waals surface area contributed by atoms with Gasteiger partial charge in [-0.25, -0.2) is 0 Å². The number of hydrogen-bond acceptors (Lipinski definition) is 4. The van der Waals surface area contributed by atoms with Crippen molar-refractivity contribution in [2.24, 2.45) is 0 Å². The van der Waals surface area contributed by atoms with Gasteiger partial charge in [0.05, 0.1) is 33.6 Å². The lowest BCUT2D eigenvalue weighted by Gasteiger charge is -2.32. The van der Waals surface area contributed by atoms with E-state index in [1.807, 2.05) is 12.1 Å². The molecule has 0 spiro atoms. The number of likely N-dealkylation sites (tertiary alicyclic amines) is 1. The fourth-order valence-corrected chi connectivity index (χ4v) is 5.41. The van der Waals surface area contributed by atoms with Gasteiger partial charge in [-0.2, -0.15) is 4.98 Å². The quantitative estimate of drug-likeness (QED) is 0.695. The first-order chi connectivity index (χ1) is 14.4. The second-order valence-corrected chi connectivity index (χ2v) is 9.36. The van der Waals surface area contributed by atoms with E-state index in [1.165, 1.54) is 11.1 Å². The van der Waals surface area contributed by atoms with Crippen LogP contribution in [0.1, 0.15) is 49.6 Å². The number of rotatable bonds is 3. The zero-order valence-electron chi connectivity index (χ0n) is 17.4. The lowest BCUT2D eigenvalue weighted by atomic mass is 9.83. The second-order valence-electron chi connectivity index (χ2n) is 8.95. The van der Waals surface area contributed by atoms with E-state index in [9.17, 15) is 9.90 Å². The van der Waals surface area contributed by atoms with Gasteiger partial charge in [0.15, 0.2) is 0 Å². The number of aliphatic hydroxyl groups is 1. The molecule has 2 aromatic carbocycles. The number of hydrogen-bond donors (Lipinski definition) is 1. The fourth-order valence-electron chi connectivity index (χ4n) is 5.16. The Balaban J connectivity index is 1.64. The molecule has 0 bridgehead atoms. The average molecular weight is 424 g/mol. The minimum atomic E-state index is -0.353. The first kappa shape index (κ1) is 19.7. The maximum atomic E-state index is 12.8. The monoisotopic (exact) mass is 423 g/mol. The summed E-state index contributed by atoms with van der Waals surface area (Å²) in [6.07, 6.45) is 2.17. The molecule has 5 rings (SSSR count). The SMILES string of the molecule is CC1(C)c2ccc(C3CCN(CCO)CC3)cc2-n2c1nc(=O)c1c(Cl)cccc12. The molecular weight excluding hydrogens is 398 g/mol. The smallest absolute Gasteiger partial charge is 0.282 e. The molecule has 1 N–H and O–H groups in total. The summed E-state index contributed by atoms with van der Waals surface area (Å²) in [5.41, 5.74) is 3.82. The molecule has 0 aliphatic carbocycles. The van der Waals surface area contributed by atoms with Crippen LogP contribution in [0.25, 0.3) is 16.6 Å². The van der Waals surface area contributed by atoms with E-state index in [0.717, 1.165) is 49.5 Å². The van der Waals surface area contributed by atoms with Gasteiger partial charge in [0.2, 0.25) is 0 Å². The maximum absolute atomic E-state index is 12.8. The normalized spacial score (nSPS) is 18.5. The molecule has 1 aromatic heterocycles. The predicted molar refractivity (Wildman–Crippen MR) is 120 cm³/mol. The second kappa shape index (κ2) is 7.19. The first-order valence-electron chi connectivity index (χ1n) is 10.6. The van der Waals surface area contributed by atoms with Gasteiger partial charge in [0.25, 0.3) is 5.56 Å². The Hall–Kier alpha value is -2.21. The molecule has 30 heavy (non-hydrogen) atoms. The number of aliphatic hydroxyl groups excluding tert-OH is 1. The van der Waals surface area contributed by atoms with Crippen LogP contribution in [-0.4, -0.2) is 45.8 Å². The Morgan fingerprint density at radius 2 is 1.97 bits per heavy atom. The van der Waals surface area contributed by atoms with Crippen LogP contribution in [0.15, 0.2) is 41.2 Å². The van der Waals surface area contributed by atoms with Crippen LogP contribution in [0.2, 0.25) is 5.02 Å². The van der Waals surface area contributed by atoms with Gasteiger partial charge in [-0.3, -0.25) is 9.36 Å². The lowest BCUT2D eigenvalue weighted by Crippen LogP contribution is -2.34. The summed E-state index contributed by atoms with van der Waals surface area (Å²) in [6.45, 7) is 7.25. The summed E-state index contributed by atoms with van der Waals surface area (Å²) in [7, 11) is 0. The van der Waals surface area contributed by atoms with E-state index in [1.54, 1.807) is 6.07 Å². The molecule has 2 aliphatic heterocycles. The number of benzene rings is 2. The van der Waals surface area contributed by atoms with E-state index in [0.29, 0.717) is 16.3 Å². The van der Waals surface area contributed by atoms with E-state index in [2.05, 4.69) is 46.5 Å². The van der Waals surface area contributed by atoms with E-state index in [4.69, 9.17) is 11.6 Å². The summed E-state index contributed by atoms with van der Waals surface area (Å²) >= 11 is 6.38. The van der Waals surface area contributed by atoms with Gasteiger partial charge < -0.3 is 10.0 Å². The minimum Gasteiger partial charge on any atom is -0.395 e. The topological polar surface area (TPSA) is 58.4 Å². The molecular formula is C24H26ClN3O2. The zero-order valence-corrected chi connectivity index (χ0v) is 18.1. The fraction of sp³-hybridized carbons (Fsp3) is 0.417. The van der Waals surface area contributed by atoms with E-state index in [-0.39, 0.29) is 17.6 Å². The molecule has 2 aliphatic rings. The van der Waals surface area contributed by atoms with Gasteiger partial charge in [-0.05, 0) is 75.0 Å². The molecule has 3 aromatic rings. The number of piperidine rings is 1. The highest BCUT2D eigenvalue weighted by molar-refractivity contribution is 6.35. The largest absolute Gasteiger partial charge is 0.395 e. The number of halogens is 1. The lowest BCUT2D eigenvalue weighted by molar-refractivity contribution is 0.164. The highest BCUT2D eigenvalue weighted by Crippen LogP contribution is 2.44. The molecule has 0 amide bonds. The van der Waals surface area contributed by atoms with Crippen molar-refractivity contribution < 1.29 is 5.11 Å². The molecule has 1 saturated heterocycles. The summed E-state index contributed by atoms with van der Waals surface area (Å²) in [5, 5.41) is 10.1.